The van der Waals surface area contributed by atoms with Crippen LogP contribution >= 0.6 is 0 Å². The number of ether oxygens (including phenoxy) is 3. The molecule has 0 amide bonds. The second kappa shape index (κ2) is 7.38. The smallest absolute Gasteiger partial charge is 0.164 e. The lowest BCUT2D eigenvalue weighted by Gasteiger charge is -2.21. The highest BCUT2D eigenvalue weighted by Gasteiger charge is 2.43. The molecule has 1 aromatic rings. The summed E-state index contributed by atoms with van der Waals surface area (Å²) < 4.78 is 17.3. The van der Waals surface area contributed by atoms with Gasteiger partial charge in [-0.1, -0.05) is 42.0 Å². The second-order valence-electron chi connectivity index (χ2n) is 6.38. The van der Waals surface area contributed by atoms with E-state index < -0.39 is 18.0 Å². The van der Waals surface area contributed by atoms with Gasteiger partial charge in [-0.2, -0.15) is 0 Å². The Morgan fingerprint density at radius 1 is 1.27 bits per heavy atom. The van der Waals surface area contributed by atoms with Crippen LogP contribution in [-0.4, -0.2) is 35.8 Å². The summed E-state index contributed by atoms with van der Waals surface area (Å²) in [5, 5.41) is 10.4. The van der Waals surface area contributed by atoms with Gasteiger partial charge in [0.15, 0.2) is 5.79 Å². The molecule has 0 aliphatic carbocycles. The van der Waals surface area contributed by atoms with E-state index in [9.17, 15) is 5.11 Å². The number of hydrogen-bond donors (Lipinski definition) is 1. The van der Waals surface area contributed by atoms with Crippen molar-refractivity contribution < 1.29 is 19.3 Å². The Morgan fingerprint density at radius 3 is 2.59 bits per heavy atom. The Hall–Kier alpha value is -1.20. The van der Waals surface area contributed by atoms with E-state index in [-0.39, 0.29) is 12.7 Å². The summed E-state index contributed by atoms with van der Waals surface area (Å²) in [4.78, 5) is 0. The summed E-state index contributed by atoms with van der Waals surface area (Å²) >= 11 is 0. The molecule has 1 fully saturated rings. The maximum absolute atomic E-state index is 10.4. The number of benzene rings is 1. The van der Waals surface area contributed by atoms with Crippen LogP contribution in [0.25, 0.3) is 0 Å². The van der Waals surface area contributed by atoms with E-state index in [1.807, 2.05) is 64.1 Å². The van der Waals surface area contributed by atoms with Crippen molar-refractivity contribution in [2.75, 3.05) is 6.61 Å². The highest BCUT2D eigenvalue weighted by Crippen LogP contribution is 2.31. The first-order chi connectivity index (χ1) is 10.4. The van der Waals surface area contributed by atoms with Gasteiger partial charge < -0.3 is 19.3 Å². The summed E-state index contributed by atoms with van der Waals surface area (Å²) in [5.74, 6) is -0.693. The molecule has 1 aromatic carbocycles. The van der Waals surface area contributed by atoms with Gasteiger partial charge in [-0.05, 0) is 33.3 Å². The molecular formula is C18H26O4. The fourth-order valence-corrected chi connectivity index (χ4v) is 2.54. The molecule has 4 nitrogen and oxygen atoms in total. The topological polar surface area (TPSA) is 47.9 Å². The Bertz CT molecular complexity index is 491. The number of hydrogen-bond acceptors (Lipinski definition) is 4. The summed E-state index contributed by atoms with van der Waals surface area (Å²) in [6.45, 7) is 8.41. The molecule has 2 rings (SSSR count). The standard InChI is InChI=1S/C18H26O4/c1-13(2)10-16-17(22-18(3,4)21-16)15(19)12-20-11-14-8-6-5-7-9-14/h5-10,15-17,19H,11-12H2,1-4H3/t15-,16-,17+/m0/s1. The molecular weight excluding hydrogens is 280 g/mol. The SMILES string of the molecule is CC(C)=C[C@@H]1OC(C)(C)O[C@@H]1[C@@H](O)COCc1ccccc1. The molecule has 3 atom stereocenters. The van der Waals surface area contributed by atoms with Crippen LogP contribution in [0.2, 0.25) is 0 Å². The molecule has 0 radical (unpaired) electrons. The first-order valence-electron chi connectivity index (χ1n) is 7.68. The van der Waals surface area contributed by atoms with Crippen molar-refractivity contribution in [2.24, 2.45) is 0 Å². The third-order valence-corrected chi connectivity index (χ3v) is 3.44. The minimum atomic E-state index is -0.730. The van der Waals surface area contributed by atoms with Crippen LogP contribution in [0.1, 0.15) is 33.3 Å². The lowest BCUT2D eigenvalue weighted by molar-refractivity contribution is -0.157. The van der Waals surface area contributed by atoms with Gasteiger partial charge in [-0.25, -0.2) is 0 Å². The van der Waals surface area contributed by atoms with Crippen LogP contribution in [0.3, 0.4) is 0 Å². The zero-order valence-electron chi connectivity index (χ0n) is 13.8. The summed E-state index contributed by atoms with van der Waals surface area (Å²) in [6.07, 6.45) is 0.585. The third-order valence-electron chi connectivity index (χ3n) is 3.44. The van der Waals surface area contributed by atoms with Crippen molar-refractivity contribution in [3.8, 4) is 0 Å². The molecule has 22 heavy (non-hydrogen) atoms. The molecule has 1 N–H and O–H groups in total. The zero-order chi connectivity index (χ0) is 16.2. The average molecular weight is 306 g/mol. The fraction of sp³-hybridized carbons (Fsp3) is 0.556. The molecule has 1 heterocycles. The quantitative estimate of drug-likeness (QED) is 0.821. The van der Waals surface area contributed by atoms with Crippen LogP contribution in [0.5, 0.6) is 0 Å². The van der Waals surface area contributed by atoms with E-state index in [1.165, 1.54) is 0 Å². The lowest BCUT2D eigenvalue weighted by atomic mass is 10.1. The van der Waals surface area contributed by atoms with Crippen molar-refractivity contribution >= 4 is 0 Å². The van der Waals surface area contributed by atoms with E-state index in [4.69, 9.17) is 14.2 Å². The monoisotopic (exact) mass is 306 g/mol. The van der Waals surface area contributed by atoms with Gasteiger partial charge in [-0.15, -0.1) is 0 Å². The number of aliphatic hydroxyl groups excluding tert-OH is 1. The van der Waals surface area contributed by atoms with Gasteiger partial charge >= 0.3 is 0 Å². The normalized spacial score (nSPS) is 25.0. The summed E-state index contributed by atoms with van der Waals surface area (Å²) in [5.41, 5.74) is 2.22. The fourth-order valence-electron chi connectivity index (χ4n) is 2.54. The predicted molar refractivity (Wildman–Crippen MR) is 85.4 cm³/mol. The molecule has 4 heteroatoms. The van der Waals surface area contributed by atoms with Gasteiger partial charge in [0.05, 0.1) is 13.2 Å². The molecule has 0 saturated carbocycles. The van der Waals surface area contributed by atoms with E-state index >= 15 is 0 Å². The van der Waals surface area contributed by atoms with Crippen molar-refractivity contribution in [1.29, 1.82) is 0 Å². The van der Waals surface area contributed by atoms with Crippen molar-refractivity contribution in [1.82, 2.24) is 0 Å². The summed E-state index contributed by atoms with van der Waals surface area (Å²) in [7, 11) is 0. The summed E-state index contributed by atoms with van der Waals surface area (Å²) in [6, 6.07) is 9.90. The van der Waals surface area contributed by atoms with Crippen LogP contribution in [-0.2, 0) is 20.8 Å². The minimum absolute atomic E-state index is 0.214. The molecule has 1 aliphatic heterocycles. The Labute approximate surface area is 132 Å². The highest BCUT2D eigenvalue weighted by atomic mass is 16.8. The molecule has 0 unspecified atom stereocenters. The first-order valence-corrected chi connectivity index (χ1v) is 7.68. The largest absolute Gasteiger partial charge is 0.388 e. The number of rotatable bonds is 6. The first kappa shape index (κ1) is 17.2. The Morgan fingerprint density at radius 2 is 1.95 bits per heavy atom. The van der Waals surface area contributed by atoms with Crippen molar-refractivity contribution in [2.45, 2.75) is 58.4 Å². The van der Waals surface area contributed by atoms with Gasteiger partial charge in [0.1, 0.15) is 18.3 Å². The minimum Gasteiger partial charge on any atom is -0.388 e. The van der Waals surface area contributed by atoms with Gasteiger partial charge in [0.25, 0.3) is 0 Å². The maximum Gasteiger partial charge on any atom is 0.164 e. The lowest BCUT2D eigenvalue weighted by Crippen LogP contribution is -2.37. The molecule has 0 aromatic heterocycles. The van der Waals surface area contributed by atoms with Crippen LogP contribution in [0.15, 0.2) is 42.0 Å². The van der Waals surface area contributed by atoms with Crippen LogP contribution in [0, 0.1) is 0 Å². The predicted octanol–water partition coefficient (Wildman–Crippen LogP) is 3.05. The molecule has 1 aliphatic rings. The molecule has 1 saturated heterocycles. The third kappa shape index (κ3) is 4.92. The van der Waals surface area contributed by atoms with Crippen molar-refractivity contribution in [3.05, 3.63) is 47.5 Å². The highest BCUT2D eigenvalue weighted by molar-refractivity contribution is 5.13. The number of aliphatic hydroxyl groups is 1. The Balaban J connectivity index is 1.89. The van der Waals surface area contributed by atoms with E-state index in [1.54, 1.807) is 0 Å². The zero-order valence-corrected chi connectivity index (χ0v) is 13.8. The molecule has 0 bridgehead atoms. The van der Waals surface area contributed by atoms with E-state index in [0.717, 1.165) is 11.1 Å². The molecule has 0 spiro atoms. The van der Waals surface area contributed by atoms with Crippen molar-refractivity contribution in [3.63, 3.8) is 0 Å². The van der Waals surface area contributed by atoms with Gasteiger partial charge in [0.2, 0.25) is 0 Å². The maximum atomic E-state index is 10.4. The average Bonchev–Trinajstić information content (AvgIpc) is 2.74. The van der Waals surface area contributed by atoms with E-state index in [2.05, 4.69) is 0 Å². The van der Waals surface area contributed by atoms with Gasteiger partial charge in [0, 0.05) is 0 Å². The van der Waals surface area contributed by atoms with Crippen LogP contribution < -0.4 is 0 Å². The van der Waals surface area contributed by atoms with E-state index in [0.29, 0.717) is 6.61 Å². The molecule has 122 valence electrons. The Kier molecular flexibility index (Phi) is 5.75. The van der Waals surface area contributed by atoms with Crippen LogP contribution in [0.4, 0.5) is 0 Å². The second-order valence-corrected chi connectivity index (χ2v) is 6.38. The number of allylic oxidation sites excluding steroid dienone is 1. The van der Waals surface area contributed by atoms with Gasteiger partial charge in [-0.3, -0.25) is 0 Å².